The highest BCUT2D eigenvalue weighted by Gasteiger charge is 2.33. The molecule has 23 heavy (non-hydrogen) atoms. The average molecular weight is 333 g/mol. The number of amides is 1. The minimum Gasteiger partial charge on any atom is -0.269 e. The topological polar surface area (TPSA) is 54.5 Å². The van der Waals surface area contributed by atoms with Crippen LogP contribution in [-0.2, 0) is 14.8 Å². The molecular weight excluding hydrogens is 310 g/mol. The summed E-state index contributed by atoms with van der Waals surface area (Å²) in [4.78, 5) is 12.4. The van der Waals surface area contributed by atoms with Crippen LogP contribution in [0.5, 0.6) is 0 Å². The summed E-state index contributed by atoms with van der Waals surface area (Å²) in [5, 5.41) is 0. The van der Waals surface area contributed by atoms with E-state index in [2.05, 4.69) is 6.58 Å². The SMILES string of the molecule is C=CC(=O)N(C1/C=C\CCCCC1)S(=O)(=O)c1ccc(C)cc1. The minimum absolute atomic E-state index is 0.133. The van der Waals surface area contributed by atoms with Crippen molar-refractivity contribution in [3.8, 4) is 0 Å². The summed E-state index contributed by atoms with van der Waals surface area (Å²) in [6, 6.07) is 6.10. The van der Waals surface area contributed by atoms with Crippen molar-refractivity contribution >= 4 is 15.9 Å². The summed E-state index contributed by atoms with van der Waals surface area (Å²) >= 11 is 0. The first-order valence-corrected chi connectivity index (χ1v) is 9.35. The number of aryl methyl sites for hydroxylation is 1. The molecule has 0 spiro atoms. The number of carbonyl (C=O) groups excluding carboxylic acids is 1. The van der Waals surface area contributed by atoms with Gasteiger partial charge in [-0.25, -0.2) is 12.7 Å². The molecule has 1 amide bonds. The lowest BCUT2D eigenvalue weighted by Crippen LogP contribution is -2.43. The molecule has 1 aliphatic carbocycles. The molecule has 0 saturated heterocycles. The van der Waals surface area contributed by atoms with Crippen molar-refractivity contribution in [3.05, 3.63) is 54.6 Å². The molecule has 2 rings (SSSR count). The lowest BCUT2D eigenvalue weighted by molar-refractivity contribution is -0.122. The highest BCUT2D eigenvalue weighted by Crippen LogP contribution is 2.24. The van der Waals surface area contributed by atoms with Gasteiger partial charge in [-0.05, 0) is 44.4 Å². The van der Waals surface area contributed by atoms with E-state index in [1.54, 1.807) is 24.3 Å². The Labute approximate surface area is 138 Å². The molecule has 0 saturated carbocycles. The van der Waals surface area contributed by atoms with E-state index in [1.165, 1.54) is 0 Å². The van der Waals surface area contributed by atoms with Crippen LogP contribution in [0.15, 0.2) is 54.0 Å². The second kappa shape index (κ2) is 7.59. The van der Waals surface area contributed by atoms with Gasteiger partial charge < -0.3 is 0 Å². The fourth-order valence-corrected chi connectivity index (χ4v) is 4.26. The Bertz CT molecular complexity index is 689. The molecule has 0 fully saturated rings. The largest absolute Gasteiger partial charge is 0.269 e. The second-order valence-electron chi connectivity index (χ2n) is 5.79. The quantitative estimate of drug-likeness (QED) is 0.625. The predicted molar refractivity (Wildman–Crippen MR) is 91.4 cm³/mol. The van der Waals surface area contributed by atoms with E-state index in [0.29, 0.717) is 6.42 Å². The molecule has 0 heterocycles. The summed E-state index contributed by atoms with van der Waals surface area (Å²) in [5.41, 5.74) is 0.969. The molecule has 1 aromatic carbocycles. The summed E-state index contributed by atoms with van der Waals surface area (Å²) < 4.78 is 26.9. The van der Waals surface area contributed by atoms with Gasteiger partial charge in [0.15, 0.2) is 0 Å². The smallest absolute Gasteiger partial charge is 0.267 e. The Hall–Kier alpha value is -1.88. The van der Waals surface area contributed by atoms with Gasteiger partial charge in [0.2, 0.25) is 0 Å². The third-order valence-corrected chi connectivity index (χ3v) is 5.84. The molecule has 5 heteroatoms. The zero-order valence-electron chi connectivity index (χ0n) is 13.4. The molecular formula is C18H23NO3S. The highest BCUT2D eigenvalue weighted by atomic mass is 32.2. The van der Waals surface area contributed by atoms with E-state index in [0.717, 1.165) is 41.6 Å². The van der Waals surface area contributed by atoms with Gasteiger partial charge in [-0.15, -0.1) is 0 Å². The lowest BCUT2D eigenvalue weighted by atomic mass is 10.0. The fraction of sp³-hybridized carbons (Fsp3) is 0.389. The van der Waals surface area contributed by atoms with Gasteiger partial charge in [0.1, 0.15) is 0 Å². The third-order valence-electron chi connectivity index (χ3n) is 4.00. The van der Waals surface area contributed by atoms with E-state index >= 15 is 0 Å². The van der Waals surface area contributed by atoms with Gasteiger partial charge in [0, 0.05) is 0 Å². The molecule has 4 nitrogen and oxygen atoms in total. The Morgan fingerprint density at radius 1 is 1.22 bits per heavy atom. The number of hydrogen-bond donors (Lipinski definition) is 0. The summed E-state index contributed by atoms with van der Waals surface area (Å²) in [7, 11) is -3.90. The first-order valence-electron chi connectivity index (χ1n) is 7.91. The van der Waals surface area contributed by atoms with Crippen molar-refractivity contribution in [2.24, 2.45) is 0 Å². The maximum atomic E-state index is 13.0. The highest BCUT2D eigenvalue weighted by molar-refractivity contribution is 7.89. The number of carbonyl (C=O) groups is 1. The van der Waals surface area contributed by atoms with Gasteiger partial charge in [-0.3, -0.25) is 4.79 Å². The minimum atomic E-state index is -3.90. The van der Waals surface area contributed by atoms with Crippen molar-refractivity contribution in [2.75, 3.05) is 0 Å². The van der Waals surface area contributed by atoms with Gasteiger partial charge >= 0.3 is 0 Å². The predicted octanol–water partition coefficient (Wildman–Crippen LogP) is 3.59. The van der Waals surface area contributed by atoms with Crippen LogP contribution in [0.1, 0.15) is 37.7 Å². The van der Waals surface area contributed by atoms with Crippen molar-refractivity contribution in [1.29, 1.82) is 0 Å². The van der Waals surface area contributed by atoms with Crippen molar-refractivity contribution < 1.29 is 13.2 Å². The Morgan fingerprint density at radius 2 is 1.91 bits per heavy atom. The summed E-state index contributed by atoms with van der Waals surface area (Å²) in [5.74, 6) is -0.583. The van der Waals surface area contributed by atoms with Crippen LogP contribution in [0.2, 0.25) is 0 Å². The molecule has 1 unspecified atom stereocenters. The van der Waals surface area contributed by atoms with Crippen LogP contribution in [0.3, 0.4) is 0 Å². The molecule has 124 valence electrons. The zero-order valence-corrected chi connectivity index (χ0v) is 14.3. The molecule has 1 aromatic rings. The summed E-state index contributed by atoms with van der Waals surface area (Å²) in [6.45, 7) is 5.35. The third kappa shape index (κ3) is 4.10. The molecule has 0 radical (unpaired) electrons. The lowest BCUT2D eigenvalue weighted by Gasteiger charge is -2.29. The first-order chi connectivity index (χ1) is 11.0. The van der Waals surface area contributed by atoms with Crippen molar-refractivity contribution in [1.82, 2.24) is 4.31 Å². The van der Waals surface area contributed by atoms with Gasteiger partial charge in [0.25, 0.3) is 15.9 Å². The van der Waals surface area contributed by atoms with Gasteiger partial charge in [-0.2, -0.15) is 0 Å². The molecule has 1 aliphatic rings. The maximum absolute atomic E-state index is 13.0. The van der Waals surface area contributed by atoms with E-state index < -0.39 is 22.0 Å². The molecule has 0 N–H and O–H groups in total. The molecule has 0 bridgehead atoms. The van der Waals surface area contributed by atoms with Crippen LogP contribution < -0.4 is 0 Å². The van der Waals surface area contributed by atoms with E-state index in [9.17, 15) is 13.2 Å². The van der Waals surface area contributed by atoms with Crippen LogP contribution in [0.25, 0.3) is 0 Å². The standard InChI is InChI=1S/C18H23NO3S/c1-3-18(20)19(16-9-7-5-4-6-8-10-16)23(21,22)17-13-11-15(2)12-14-17/h3,7,9,11-14,16H,1,4-6,8,10H2,2H3/b9-7-. The van der Waals surface area contributed by atoms with Gasteiger partial charge in [-0.1, -0.05) is 49.3 Å². The van der Waals surface area contributed by atoms with Crippen LogP contribution in [0, 0.1) is 6.92 Å². The first kappa shape index (κ1) is 17.5. The Morgan fingerprint density at radius 3 is 2.57 bits per heavy atom. The zero-order chi connectivity index (χ0) is 16.9. The van der Waals surface area contributed by atoms with Gasteiger partial charge in [0.05, 0.1) is 10.9 Å². The van der Waals surface area contributed by atoms with E-state index in [-0.39, 0.29) is 4.90 Å². The number of hydrogen-bond acceptors (Lipinski definition) is 3. The van der Waals surface area contributed by atoms with E-state index in [4.69, 9.17) is 0 Å². The molecule has 1 atom stereocenters. The normalized spacial score (nSPS) is 20.1. The maximum Gasteiger partial charge on any atom is 0.267 e. The fourth-order valence-electron chi connectivity index (χ4n) is 2.71. The molecule has 0 aromatic heterocycles. The monoisotopic (exact) mass is 333 g/mol. The Kier molecular flexibility index (Phi) is 5.77. The second-order valence-corrected chi connectivity index (χ2v) is 7.60. The summed E-state index contributed by atoms with van der Waals surface area (Å²) in [6.07, 6.45) is 9.48. The van der Waals surface area contributed by atoms with Crippen LogP contribution in [0.4, 0.5) is 0 Å². The number of rotatable bonds is 4. The number of benzene rings is 1. The van der Waals surface area contributed by atoms with Crippen molar-refractivity contribution in [3.63, 3.8) is 0 Å². The van der Waals surface area contributed by atoms with Crippen LogP contribution >= 0.6 is 0 Å². The number of sulfonamides is 1. The van der Waals surface area contributed by atoms with Crippen molar-refractivity contribution in [2.45, 2.75) is 50.0 Å². The Balaban J connectivity index is 2.44. The average Bonchev–Trinajstić information content (AvgIpc) is 2.49. The van der Waals surface area contributed by atoms with Crippen LogP contribution in [-0.4, -0.2) is 24.7 Å². The number of allylic oxidation sites excluding steroid dienone is 1. The number of nitrogens with zero attached hydrogens (tertiary/aromatic N) is 1. The molecule has 0 aliphatic heterocycles. The van der Waals surface area contributed by atoms with E-state index in [1.807, 2.05) is 19.1 Å².